The molecule has 1 aliphatic rings. The van der Waals surface area contributed by atoms with E-state index in [0.717, 1.165) is 5.69 Å². The highest BCUT2D eigenvalue weighted by Crippen LogP contribution is 2.43. The van der Waals surface area contributed by atoms with Crippen molar-refractivity contribution in [2.75, 3.05) is 31.0 Å². The van der Waals surface area contributed by atoms with Crippen molar-refractivity contribution in [2.24, 2.45) is 0 Å². The van der Waals surface area contributed by atoms with Crippen LogP contribution in [-0.2, 0) is 9.59 Å². The zero-order valence-corrected chi connectivity index (χ0v) is 18.0. The van der Waals surface area contributed by atoms with E-state index in [1.807, 2.05) is 31.1 Å². The first-order valence-corrected chi connectivity index (χ1v) is 10.1. The highest BCUT2D eigenvalue weighted by molar-refractivity contribution is 6.51. The lowest BCUT2D eigenvalue weighted by molar-refractivity contribution is -0.132. The van der Waals surface area contributed by atoms with Crippen molar-refractivity contribution in [2.45, 2.75) is 6.04 Å². The molecule has 1 unspecified atom stereocenters. The molecule has 0 saturated carbocycles. The Balaban J connectivity index is 1.92. The Morgan fingerprint density at radius 1 is 1.00 bits per heavy atom. The Morgan fingerprint density at radius 2 is 1.66 bits per heavy atom. The number of rotatable bonds is 5. The number of ether oxygens (including phenoxy) is 1. The molecule has 1 fully saturated rings. The molecule has 1 atom stereocenters. The van der Waals surface area contributed by atoms with E-state index in [1.165, 1.54) is 12.0 Å². The van der Waals surface area contributed by atoms with Crippen molar-refractivity contribution < 1.29 is 19.4 Å². The number of nitrogens with zero attached hydrogens (tertiary/aromatic N) is 3. The second-order valence-corrected chi connectivity index (χ2v) is 7.56. The van der Waals surface area contributed by atoms with Gasteiger partial charge in [0.2, 0.25) is 0 Å². The normalized spacial score (nSPS) is 17.5. The molecule has 0 radical (unpaired) electrons. The molecule has 7 nitrogen and oxygen atoms in total. The lowest BCUT2D eigenvalue weighted by atomic mass is 9.95. The summed E-state index contributed by atoms with van der Waals surface area (Å²) in [5, 5.41) is 11.2. The summed E-state index contributed by atoms with van der Waals surface area (Å²) in [6.45, 7) is 0. The van der Waals surface area contributed by atoms with Gasteiger partial charge in [0, 0.05) is 37.9 Å². The molecule has 0 aliphatic carbocycles. The van der Waals surface area contributed by atoms with Gasteiger partial charge in [-0.1, -0.05) is 12.1 Å². The van der Waals surface area contributed by atoms with Gasteiger partial charge in [0.25, 0.3) is 11.7 Å². The minimum absolute atomic E-state index is 0.00221. The molecule has 32 heavy (non-hydrogen) atoms. The number of anilines is 2. The van der Waals surface area contributed by atoms with Gasteiger partial charge >= 0.3 is 0 Å². The third-order valence-corrected chi connectivity index (χ3v) is 5.47. The monoisotopic (exact) mass is 429 g/mol. The zero-order valence-electron chi connectivity index (χ0n) is 18.0. The lowest BCUT2D eigenvalue weighted by Gasteiger charge is -2.26. The molecule has 4 rings (SSSR count). The van der Waals surface area contributed by atoms with Gasteiger partial charge in [0.05, 0.1) is 24.3 Å². The van der Waals surface area contributed by atoms with Gasteiger partial charge in [0.15, 0.2) is 0 Å². The molecule has 2 aromatic carbocycles. The van der Waals surface area contributed by atoms with Crippen molar-refractivity contribution in [1.82, 2.24) is 4.98 Å². The SMILES string of the molecule is COc1ccccc1/C(O)=C1/C(=O)C(=O)N(c2ccc(N(C)C)cc2)C1c1ccncc1. The first-order valence-electron chi connectivity index (χ1n) is 10.1. The van der Waals surface area contributed by atoms with Gasteiger partial charge in [-0.25, -0.2) is 0 Å². The largest absolute Gasteiger partial charge is 0.507 e. The summed E-state index contributed by atoms with van der Waals surface area (Å²) in [6.07, 6.45) is 3.18. The molecule has 1 aromatic heterocycles. The molecular formula is C25H23N3O4. The van der Waals surface area contributed by atoms with Crippen molar-refractivity contribution in [3.63, 3.8) is 0 Å². The van der Waals surface area contributed by atoms with Crippen LogP contribution in [0.25, 0.3) is 5.76 Å². The smallest absolute Gasteiger partial charge is 0.300 e. The van der Waals surface area contributed by atoms with Crippen LogP contribution in [0.15, 0.2) is 78.6 Å². The fraction of sp³-hybridized carbons (Fsp3) is 0.160. The number of carbonyl (C=O) groups excluding carboxylic acids is 2. The molecule has 0 spiro atoms. The van der Waals surface area contributed by atoms with Crippen LogP contribution in [0.1, 0.15) is 17.2 Å². The summed E-state index contributed by atoms with van der Waals surface area (Å²) >= 11 is 0. The molecule has 3 aromatic rings. The van der Waals surface area contributed by atoms with Crippen LogP contribution in [0.5, 0.6) is 5.75 Å². The predicted octanol–water partition coefficient (Wildman–Crippen LogP) is 3.78. The summed E-state index contributed by atoms with van der Waals surface area (Å²) in [6, 6.07) is 16.8. The lowest BCUT2D eigenvalue weighted by Crippen LogP contribution is -2.29. The number of methoxy groups -OCH3 is 1. The van der Waals surface area contributed by atoms with E-state index in [0.29, 0.717) is 22.6 Å². The third kappa shape index (κ3) is 3.58. The number of amides is 1. The molecule has 7 heteroatoms. The standard InChI is InChI=1S/C25H23N3O4/c1-27(2)17-8-10-18(11-9-17)28-22(16-12-14-26-15-13-16)21(24(30)25(28)31)23(29)19-6-4-5-7-20(19)32-3/h4-15,22,29H,1-3H3/b23-21-. The molecule has 1 N–H and O–H groups in total. The second kappa shape index (κ2) is 8.55. The van der Waals surface area contributed by atoms with Crippen LogP contribution in [0.3, 0.4) is 0 Å². The van der Waals surface area contributed by atoms with E-state index in [4.69, 9.17) is 4.74 Å². The van der Waals surface area contributed by atoms with E-state index in [2.05, 4.69) is 4.98 Å². The molecular weight excluding hydrogens is 406 g/mol. The van der Waals surface area contributed by atoms with E-state index >= 15 is 0 Å². The minimum atomic E-state index is -0.812. The average Bonchev–Trinajstić information content (AvgIpc) is 3.09. The van der Waals surface area contributed by atoms with Gasteiger partial charge < -0.3 is 14.7 Å². The topological polar surface area (TPSA) is 83.0 Å². The fourth-order valence-corrected chi connectivity index (χ4v) is 3.86. The Bertz CT molecular complexity index is 1190. The van der Waals surface area contributed by atoms with Crippen molar-refractivity contribution in [3.8, 4) is 5.75 Å². The maximum absolute atomic E-state index is 13.2. The number of aliphatic hydroxyl groups is 1. The Hall–Kier alpha value is -4.13. The number of pyridine rings is 1. The van der Waals surface area contributed by atoms with Crippen LogP contribution in [0.2, 0.25) is 0 Å². The second-order valence-electron chi connectivity index (χ2n) is 7.56. The van der Waals surface area contributed by atoms with Crippen LogP contribution in [0.4, 0.5) is 11.4 Å². The summed E-state index contributed by atoms with van der Waals surface area (Å²) in [5.74, 6) is -1.34. The van der Waals surface area contributed by atoms with E-state index < -0.39 is 17.7 Å². The molecule has 1 saturated heterocycles. The molecule has 0 bridgehead atoms. The number of Topliss-reactive ketones (excluding diaryl/α,β-unsaturated/α-hetero) is 1. The van der Waals surface area contributed by atoms with Crippen molar-refractivity contribution in [1.29, 1.82) is 0 Å². The highest BCUT2D eigenvalue weighted by atomic mass is 16.5. The Kier molecular flexibility index (Phi) is 5.64. The Morgan fingerprint density at radius 3 is 2.28 bits per heavy atom. The number of para-hydroxylation sites is 1. The van der Waals surface area contributed by atoms with Gasteiger partial charge in [-0.15, -0.1) is 0 Å². The number of benzene rings is 2. The number of hydrogen-bond donors (Lipinski definition) is 1. The van der Waals surface area contributed by atoms with Gasteiger partial charge in [-0.2, -0.15) is 0 Å². The Labute approximate surface area is 186 Å². The van der Waals surface area contributed by atoms with Gasteiger partial charge in [0.1, 0.15) is 11.5 Å². The summed E-state index contributed by atoms with van der Waals surface area (Å²) < 4.78 is 5.36. The quantitative estimate of drug-likeness (QED) is 0.378. The molecule has 2 heterocycles. The van der Waals surface area contributed by atoms with Crippen LogP contribution >= 0.6 is 0 Å². The van der Waals surface area contributed by atoms with Gasteiger partial charge in [-0.05, 0) is 54.1 Å². The fourth-order valence-electron chi connectivity index (χ4n) is 3.86. The number of hydrogen-bond acceptors (Lipinski definition) is 6. The molecule has 1 aliphatic heterocycles. The van der Waals surface area contributed by atoms with Crippen LogP contribution in [-0.4, -0.2) is 43.0 Å². The predicted molar refractivity (Wildman–Crippen MR) is 123 cm³/mol. The average molecular weight is 429 g/mol. The number of ketones is 1. The molecule has 1 amide bonds. The van der Waals surface area contributed by atoms with Crippen molar-refractivity contribution in [3.05, 3.63) is 89.8 Å². The summed E-state index contributed by atoms with van der Waals surface area (Å²) in [7, 11) is 5.33. The number of aromatic nitrogens is 1. The van der Waals surface area contributed by atoms with Crippen molar-refractivity contribution >= 4 is 28.8 Å². The van der Waals surface area contributed by atoms with E-state index in [9.17, 15) is 14.7 Å². The van der Waals surface area contributed by atoms with Crippen LogP contribution in [0, 0.1) is 0 Å². The first-order chi connectivity index (χ1) is 15.4. The summed E-state index contributed by atoms with van der Waals surface area (Å²) in [4.78, 5) is 33.8. The highest BCUT2D eigenvalue weighted by Gasteiger charge is 2.47. The first kappa shape index (κ1) is 21.1. The van der Waals surface area contributed by atoms with E-state index in [1.54, 1.807) is 60.9 Å². The van der Waals surface area contributed by atoms with Gasteiger partial charge in [-0.3, -0.25) is 19.5 Å². The molecule has 162 valence electrons. The maximum Gasteiger partial charge on any atom is 0.300 e. The third-order valence-electron chi connectivity index (χ3n) is 5.47. The number of carbonyl (C=O) groups is 2. The van der Waals surface area contributed by atoms with Crippen LogP contribution < -0.4 is 14.5 Å². The number of aliphatic hydroxyl groups excluding tert-OH is 1. The zero-order chi connectivity index (χ0) is 22.8. The van der Waals surface area contributed by atoms with E-state index in [-0.39, 0.29) is 11.3 Å². The maximum atomic E-state index is 13.2. The summed E-state index contributed by atoms with van der Waals surface area (Å²) in [5.41, 5.74) is 2.52. The minimum Gasteiger partial charge on any atom is -0.507 e.